The third-order valence-electron chi connectivity index (χ3n) is 5.91. The molecule has 0 atom stereocenters. The van der Waals surface area contributed by atoms with Crippen molar-refractivity contribution in [3.8, 4) is 11.4 Å². The van der Waals surface area contributed by atoms with E-state index in [-0.39, 0.29) is 17.0 Å². The summed E-state index contributed by atoms with van der Waals surface area (Å²) in [5.74, 6) is 0.522. The van der Waals surface area contributed by atoms with Crippen LogP contribution in [0.5, 0.6) is 5.75 Å². The Morgan fingerprint density at radius 2 is 1.86 bits per heavy atom. The minimum Gasteiger partial charge on any atom is -0.479 e. The third kappa shape index (κ3) is 2.78. The number of aromatic nitrogens is 2. The second kappa shape index (κ2) is 6.52. The third-order valence-corrected chi connectivity index (χ3v) is 6.15. The number of fused-ring (bicyclic) bond motifs is 4. The molecule has 1 fully saturated rings. The largest absolute Gasteiger partial charge is 0.479 e. The lowest BCUT2D eigenvalue weighted by atomic mass is 9.86. The number of rotatable bonds is 1. The molecule has 1 saturated heterocycles. The smallest absolute Gasteiger partial charge is 0.263 e. The second-order valence-corrected chi connectivity index (χ2v) is 8.04. The molecule has 0 radical (unpaired) electrons. The lowest BCUT2D eigenvalue weighted by Crippen LogP contribution is -2.50. The highest BCUT2D eigenvalue weighted by Gasteiger charge is 2.44. The highest BCUT2D eigenvalue weighted by Crippen LogP contribution is 2.45. The number of pyridine rings is 1. The molecule has 7 heteroatoms. The summed E-state index contributed by atoms with van der Waals surface area (Å²) in [6, 6.07) is 13.0. The second-order valence-electron chi connectivity index (χ2n) is 7.60. The number of ether oxygens (including phenoxy) is 1. The number of amides is 1. The topological polar surface area (TPSA) is 56.5 Å². The van der Waals surface area contributed by atoms with Gasteiger partial charge in [-0.1, -0.05) is 11.6 Å². The van der Waals surface area contributed by atoms with Gasteiger partial charge in [0, 0.05) is 56.5 Å². The van der Waals surface area contributed by atoms with Gasteiger partial charge in [0.15, 0.2) is 5.60 Å². The van der Waals surface area contributed by atoms with Crippen molar-refractivity contribution in [2.75, 3.05) is 13.1 Å². The number of carbonyl (C=O) groups excluding carboxylic acids is 1. The molecular weight excluding hydrogens is 390 g/mol. The summed E-state index contributed by atoms with van der Waals surface area (Å²) in [5.41, 5.74) is 1.46. The number of likely N-dealkylation sites (tertiary alicyclic amines) is 1. The molecule has 148 valence electrons. The Bertz CT molecular complexity index is 1170. The molecule has 0 bridgehead atoms. The van der Waals surface area contributed by atoms with Crippen LogP contribution in [0.4, 0.5) is 0 Å². The molecule has 5 rings (SSSR count). The number of piperidine rings is 1. The highest BCUT2D eigenvalue weighted by atomic mass is 35.5. The molecule has 2 aromatic heterocycles. The van der Waals surface area contributed by atoms with Crippen molar-refractivity contribution in [1.29, 1.82) is 0 Å². The van der Waals surface area contributed by atoms with Crippen molar-refractivity contribution in [1.82, 2.24) is 14.0 Å². The summed E-state index contributed by atoms with van der Waals surface area (Å²) in [7, 11) is 1.65. The first kappa shape index (κ1) is 18.1. The Morgan fingerprint density at radius 3 is 2.66 bits per heavy atom. The van der Waals surface area contributed by atoms with Crippen molar-refractivity contribution in [2.45, 2.75) is 18.4 Å². The van der Waals surface area contributed by atoms with Gasteiger partial charge in [-0.15, -0.1) is 0 Å². The van der Waals surface area contributed by atoms with Gasteiger partial charge in [0.1, 0.15) is 11.3 Å². The fraction of sp³-hybridized carbons (Fsp3) is 0.273. The maximum absolute atomic E-state index is 12.9. The number of nitrogens with zero attached hydrogens (tertiary/aromatic N) is 3. The molecule has 6 nitrogen and oxygen atoms in total. The van der Waals surface area contributed by atoms with Crippen LogP contribution in [0.1, 0.15) is 28.9 Å². The molecule has 29 heavy (non-hydrogen) atoms. The minimum atomic E-state index is -0.514. The number of carbonyl (C=O) groups is 1. The lowest BCUT2D eigenvalue weighted by Gasteiger charge is -2.45. The van der Waals surface area contributed by atoms with E-state index in [4.69, 9.17) is 16.3 Å². The highest BCUT2D eigenvalue weighted by molar-refractivity contribution is 6.30. The van der Waals surface area contributed by atoms with Gasteiger partial charge in [-0.25, -0.2) is 0 Å². The van der Waals surface area contributed by atoms with Crippen molar-refractivity contribution in [2.24, 2.45) is 7.05 Å². The summed E-state index contributed by atoms with van der Waals surface area (Å²) in [4.78, 5) is 27.0. The number of halogens is 1. The van der Waals surface area contributed by atoms with Gasteiger partial charge in [0.25, 0.3) is 11.5 Å². The zero-order valence-corrected chi connectivity index (χ0v) is 16.7. The molecule has 0 aliphatic carbocycles. The van der Waals surface area contributed by atoms with Gasteiger partial charge in [-0.3, -0.25) is 9.59 Å². The Balaban J connectivity index is 1.44. The summed E-state index contributed by atoms with van der Waals surface area (Å²) in [6.07, 6.45) is 4.96. The fourth-order valence-electron chi connectivity index (χ4n) is 4.35. The van der Waals surface area contributed by atoms with Crippen LogP contribution < -0.4 is 10.3 Å². The average molecular weight is 410 g/mol. The summed E-state index contributed by atoms with van der Waals surface area (Å²) in [5, 5.41) is 0.627. The molecule has 1 aromatic carbocycles. The fourth-order valence-corrected chi connectivity index (χ4v) is 4.52. The summed E-state index contributed by atoms with van der Waals surface area (Å²) < 4.78 is 10.1. The molecule has 4 heterocycles. The summed E-state index contributed by atoms with van der Waals surface area (Å²) >= 11 is 6.19. The van der Waals surface area contributed by atoms with Crippen LogP contribution in [0.3, 0.4) is 0 Å². The number of aryl methyl sites for hydroxylation is 1. The van der Waals surface area contributed by atoms with Crippen molar-refractivity contribution >= 4 is 17.5 Å². The van der Waals surface area contributed by atoms with E-state index in [1.54, 1.807) is 30.3 Å². The number of hydrogen-bond acceptors (Lipinski definition) is 3. The maximum Gasteiger partial charge on any atom is 0.263 e. The zero-order valence-electron chi connectivity index (χ0n) is 16.0. The quantitative estimate of drug-likeness (QED) is 0.619. The normalized spacial score (nSPS) is 16.8. The van der Waals surface area contributed by atoms with Crippen LogP contribution in [0, 0.1) is 0 Å². The molecule has 0 saturated carbocycles. The van der Waals surface area contributed by atoms with Gasteiger partial charge >= 0.3 is 0 Å². The van der Waals surface area contributed by atoms with E-state index in [9.17, 15) is 9.59 Å². The number of hydrogen-bond donors (Lipinski definition) is 0. The minimum absolute atomic E-state index is 0.205. The van der Waals surface area contributed by atoms with Crippen LogP contribution in [0.2, 0.25) is 5.02 Å². The zero-order chi connectivity index (χ0) is 20.2. The molecule has 1 spiro atoms. The SMILES string of the molecule is Cn1cccc(C(=O)N2CCC3(CC2)Oc2cc(Cl)ccc2-n2cccc23)c1=O. The van der Waals surface area contributed by atoms with Gasteiger partial charge in [-0.2, -0.15) is 0 Å². The molecule has 2 aliphatic rings. The van der Waals surface area contributed by atoms with Crippen LogP contribution in [-0.4, -0.2) is 33.0 Å². The predicted molar refractivity (Wildman–Crippen MR) is 110 cm³/mol. The van der Waals surface area contributed by atoms with E-state index < -0.39 is 5.60 Å². The van der Waals surface area contributed by atoms with E-state index in [0.717, 1.165) is 17.1 Å². The van der Waals surface area contributed by atoms with Crippen molar-refractivity contribution in [3.05, 3.63) is 81.5 Å². The monoisotopic (exact) mass is 409 g/mol. The van der Waals surface area contributed by atoms with Gasteiger partial charge < -0.3 is 18.8 Å². The molecule has 0 unspecified atom stereocenters. The van der Waals surface area contributed by atoms with E-state index in [1.165, 1.54) is 4.57 Å². The first-order valence-corrected chi connectivity index (χ1v) is 9.98. The standard InChI is InChI=1S/C22H20ClN3O3/c1-24-10-2-4-16(20(24)27)21(28)25-12-8-22(9-13-25)19-5-3-11-26(19)17-7-6-15(23)14-18(17)29-22/h2-7,10-11,14H,8-9,12-13H2,1H3. The van der Waals surface area contributed by atoms with Crippen molar-refractivity contribution in [3.63, 3.8) is 0 Å². The molecular formula is C22H20ClN3O3. The van der Waals surface area contributed by atoms with E-state index >= 15 is 0 Å². The van der Waals surface area contributed by atoms with E-state index in [0.29, 0.717) is 31.0 Å². The van der Waals surface area contributed by atoms with Gasteiger partial charge in [-0.05, 0) is 36.4 Å². The maximum atomic E-state index is 12.9. The molecule has 2 aliphatic heterocycles. The van der Waals surface area contributed by atoms with Crippen LogP contribution in [0.25, 0.3) is 5.69 Å². The van der Waals surface area contributed by atoms with Gasteiger partial charge in [0.2, 0.25) is 0 Å². The van der Waals surface area contributed by atoms with E-state index in [1.807, 2.05) is 30.5 Å². The first-order valence-electron chi connectivity index (χ1n) is 9.60. The number of benzene rings is 1. The Hall–Kier alpha value is -2.99. The van der Waals surface area contributed by atoms with Crippen LogP contribution in [0.15, 0.2) is 59.7 Å². The molecule has 3 aromatic rings. The van der Waals surface area contributed by atoms with Crippen LogP contribution >= 0.6 is 11.6 Å². The Morgan fingerprint density at radius 1 is 1.10 bits per heavy atom. The predicted octanol–water partition coefficient (Wildman–Crippen LogP) is 3.35. The van der Waals surface area contributed by atoms with Gasteiger partial charge in [0.05, 0.1) is 11.4 Å². The van der Waals surface area contributed by atoms with Crippen molar-refractivity contribution < 1.29 is 9.53 Å². The van der Waals surface area contributed by atoms with Crippen LogP contribution in [-0.2, 0) is 12.6 Å². The summed E-state index contributed by atoms with van der Waals surface area (Å²) in [6.45, 7) is 1.02. The average Bonchev–Trinajstić information content (AvgIpc) is 3.21. The molecule has 0 N–H and O–H groups in total. The lowest BCUT2D eigenvalue weighted by molar-refractivity contribution is -0.00935. The Labute approximate surface area is 172 Å². The first-order chi connectivity index (χ1) is 14.0. The Kier molecular flexibility index (Phi) is 4.06. The van der Waals surface area contributed by atoms with E-state index in [2.05, 4.69) is 10.6 Å². The molecule has 1 amide bonds.